The van der Waals surface area contributed by atoms with E-state index in [1.54, 1.807) is 18.2 Å². The first kappa shape index (κ1) is 17.7. The van der Waals surface area contributed by atoms with Crippen LogP contribution in [0.4, 0.5) is 0 Å². The van der Waals surface area contributed by atoms with E-state index in [9.17, 15) is 13.2 Å². The average molecular weight is 352 g/mol. The van der Waals surface area contributed by atoms with Crippen LogP contribution in [0, 0.1) is 6.92 Å². The summed E-state index contributed by atoms with van der Waals surface area (Å²) in [5.74, 6) is -0.139. The normalized spacial score (nSPS) is 11.4. The lowest BCUT2D eigenvalue weighted by Crippen LogP contribution is -2.22. The third-order valence-electron chi connectivity index (χ3n) is 3.50. The van der Waals surface area contributed by atoms with Crippen LogP contribution in [0.1, 0.15) is 32.6 Å². The second-order valence-electron chi connectivity index (χ2n) is 5.11. The van der Waals surface area contributed by atoms with Gasteiger partial charge < -0.3 is 5.32 Å². The van der Waals surface area contributed by atoms with Crippen LogP contribution in [-0.2, 0) is 23.0 Å². The van der Waals surface area contributed by atoms with Crippen molar-refractivity contribution in [1.82, 2.24) is 10.0 Å². The molecule has 23 heavy (non-hydrogen) atoms. The van der Waals surface area contributed by atoms with Gasteiger partial charge in [-0.05, 0) is 49.7 Å². The first-order valence-electron chi connectivity index (χ1n) is 7.27. The molecule has 0 atom stereocenters. The van der Waals surface area contributed by atoms with E-state index in [1.807, 2.05) is 13.0 Å². The SMILES string of the molecule is CCc1sc(C(=O)NCc2cccc(S(=O)(=O)NC)c2)cc1C. The molecule has 0 aliphatic heterocycles. The molecule has 2 aromatic rings. The van der Waals surface area contributed by atoms with Gasteiger partial charge in [0.15, 0.2) is 0 Å². The number of hydrogen-bond acceptors (Lipinski definition) is 4. The number of hydrogen-bond donors (Lipinski definition) is 2. The summed E-state index contributed by atoms with van der Waals surface area (Å²) in [4.78, 5) is 14.3. The molecule has 2 rings (SSSR count). The van der Waals surface area contributed by atoms with E-state index in [2.05, 4.69) is 17.0 Å². The molecule has 0 bridgehead atoms. The molecule has 0 aliphatic carbocycles. The van der Waals surface area contributed by atoms with E-state index in [0.717, 1.165) is 17.5 Å². The number of rotatable bonds is 6. The molecule has 1 aromatic carbocycles. The van der Waals surface area contributed by atoms with Crippen LogP contribution < -0.4 is 10.0 Å². The monoisotopic (exact) mass is 352 g/mol. The number of carbonyl (C=O) groups excluding carboxylic acids is 1. The summed E-state index contributed by atoms with van der Waals surface area (Å²) < 4.78 is 25.9. The fourth-order valence-electron chi connectivity index (χ4n) is 2.19. The van der Waals surface area contributed by atoms with E-state index in [0.29, 0.717) is 4.88 Å². The van der Waals surface area contributed by atoms with Gasteiger partial charge in [-0.2, -0.15) is 0 Å². The highest BCUT2D eigenvalue weighted by molar-refractivity contribution is 7.89. The molecule has 1 aromatic heterocycles. The van der Waals surface area contributed by atoms with Gasteiger partial charge in [-0.3, -0.25) is 4.79 Å². The van der Waals surface area contributed by atoms with Gasteiger partial charge in [-0.15, -0.1) is 11.3 Å². The van der Waals surface area contributed by atoms with Crippen LogP contribution in [0.2, 0.25) is 0 Å². The van der Waals surface area contributed by atoms with Crippen LogP contribution in [0.5, 0.6) is 0 Å². The molecule has 5 nitrogen and oxygen atoms in total. The largest absolute Gasteiger partial charge is 0.347 e. The van der Waals surface area contributed by atoms with Gasteiger partial charge in [-0.25, -0.2) is 13.1 Å². The molecule has 0 aliphatic rings. The maximum atomic E-state index is 12.2. The zero-order valence-electron chi connectivity index (χ0n) is 13.3. The Morgan fingerprint density at radius 1 is 1.26 bits per heavy atom. The predicted octanol–water partition coefficient (Wildman–Crippen LogP) is 2.46. The lowest BCUT2D eigenvalue weighted by Gasteiger charge is -2.07. The zero-order valence-corrected chi connectivity index (χ0v) is 15.0. The number of thiophene rings is 1. The highest BCUT2D eigenvalue weighted by Crippen LogP contribution is 2.22. The Morgan fingerprint density at radius 3 is 2.61 bits per heavy atom. The van der Waals surface area contributed by atoms with Crippen molar-refractivity contribution in [2.75, 3.05) is 7.05 Å². The summed E-state index contributed by atoms with van der Waals surface area (Å²) >= 11 is 1.50. The second-order valence-corrected chi connectivity index (χ2v) is 8.13. The number of amides is 1. The predicted molar refractivity (Wildman–Crippen MR) is 92.3 cm³/mol. The van der Waals surface area contributed by atoms with Gasteiger partial charge in [0.1, 0.15) is 0 Å². The number of aryl methyl sites for hydroxylation is 2. The van der Waals surface area contributed by atoms with Crippen molar-refractivity contribution < 1.29 is 13.2 Å². The van der Waals surface area contributed by atoms with Gasteiger partial charge in [0, 0.05) is 11.4 Å². The van der Waals surface area contributed by atoms with Crippen molar-refractivity contribution in [3.05, 3.63) is 51.2 Å². The Morgan fingerprint density at radius 2 is 2.00 bits per heavy atom. The molecule has 0 saturated heterocycles. The Labute approximate surface area is 140 Å². The summed E-state index contributed by atoms with van der Waals surface area (Å²) in [6, 6.07) is 8.42. The summed E-state index contributed by atoms with van der Waals surface area (Å²) in [6.45, 7) is 4.34. The Bertz CT molecular complexity index is 810. The Balaban J connectivity index is 2.08. The maximum Gasteiger partial charge on any atom is 0.261 e. The Hall–Kier alpha value is -1.70. The zero-order chi connectivity index (χ0) is 17.0. The minimum absolute atomic E-state index is 0.139. The molecule has 124 valence electrons. The minimum atomic E-state index is -3.48. The third-order valence-corrected chi connectivity index (χ3v) is 6.29. The lowest BCUT2D eigenvalue weighted by molar-refractivity contribution is 0.0955. The van der Waals surface area contributed by atoms with Crippen molar-refractivity contribution in [1.29, 1.82) is 0 Å². The van der Waals surface area contributed by atoms with Gasteiger partial charge >= 0.3 is 0 Å². The molecule has 0 fully saturated rings. The number of carbonyl (C=O) groups is 1. The number of benzene rings is 1. The van der Waals surface area contributed by atoms with Crippen molar-refractivity contribution in [3.63, 3.8) is 0 Å². The van der Waals surface area contributed by atoms with Gasteiger partial charge in [0.05, 0.1) is 9.77 Å². The Kier molecular flexibility index (Phi) is 5.56. The molecule has 1 amide bonds. The molecule has 1 heterocycles. The fourth-order valence-corrected chi connectivity index (χ4v) is 4.02. The van der Waals surface area contributed by atoms with Crippen LogP contribution in [0.25, 0.3) is 0 Å². The van der Waals surface area contributed by atoms with Gasteiger partial charge in [0.2, 0.25) is 10.0 Å². The van der Waals surface area contributed by atoms with Gasteiger partial charge in [0.25, 0.3) is 5.91 Å². The van der Waals surface area contributed by atoms with Crippen LogP contribution >= 0.6 is 11.3 Å². The summed E-state index contributed by atoms with van der Waals surface area (Å²) in [6.07, 6.45) is 0.910. The van der Waals surface area contributed by atoms with E-state index < -0.39 is 10.0 Å². The quantitative estimate of drug-likeness (QED) is 0.838. The fraction of sp³-hybridized carbons (Fsp3) is 0.312. The van der Waals surface area contributed by atoms with E-state index >= 15 is 0 Å². The van der Waals surface area contributed by atoms with Crippen LogP contribution in [0.15, 0.2) is 35.2 Å². The first-order valence-corrected chi connectivity index (χ1v) is 9.57. The molecule has 0 unspecified atom stereocenters. The van der Waals surface area contributed by atoms with E-state index in [1.165, 1.54) is 29.3 Å². The topological polar surface area (TPSA) is 75.3 Å². The van der Waals surface area contributed by atoms with Crippen molar-refractivity contribution in [2.24, 2.45) is 0 Å². The molecular formula is C16H20N2O3S2. The van der Waals surface area contributed by atoms with Crippen molar-refractivity contribution in [3.8, 4) is 0 Å². The van der Waals surface area contributed by atoms with E-state index in [4.69, 9.17) is 0 Å². The smallest absolute Gasteiger partial charge is 0.261 e. The van der Waals surface area contributed by atoms with Crippen LogP contribution in [0.3, 0.4) is 0 Å². The summed E-state index contributed by atoms with van der Waals surface area (Å²) in [5.41, 5.74) is 1.86. The summed E-state index contributed by atoms with van der Waals surface area (Å²) in [7, 11) is -2.11. The standard InChI is InChI=1S/C16H20N2O3S2/c1-4-14-11(2)8-15(22-14)16(19)18-10-12-6-5-7-13(9-12)23(20,21)17-3/h5-9,17H,4,10H2,1-3H3,(H,18,19). The third kappa shape index (κ3) is 4.19. The van der Waals surface area contributed by atoms with Crippen molar-refractivity contribution >= 4 is 27.3 Å². The molecule has 0 saturated carbocycles. The molecule has 0 radical (unpaired) electrons. The first-order chi connectivity index (χ1) is 10.9. The van der Waals surface area contributed by atoms with E-state index in [-0.39, 0.29) is 17.3 Å². The highest BCUT2D eigenvalue weighted by Gasteiger charge is 2.13. The van der Waals surface area contributed by atoms with Gasteiger partial charge in [-0.1, -0.05) is 19.1 Å². The van der Waals surface area contributed by atoms with Crippen molar-refractivity contribution in [2.45, 2.75) is 31.7 Å². The molecular weight excluding hydrogens is 332 g/mol. The highest BCUT2D eigenvalue weighted by atomic mass is 32.2. The minimum Gasteiger partial charge on any atom is -0.347 e. The maximum absolute atomic E-state index is 12.2. The molecule has 7 heteroatoms. The summed E-state index contributed by atoms with van der Waals surface area (Å²) in [5, 5.41) is 2.83. The second kappa shape index (κ2) is 7.25. The number of sulfonamides is 1. The molecule has 0 spiro atoms. The van der Waals surface area contributed by atoms with Crippen LogP contribution in [-0.4, -0.2) is 21.4 Å². The average Bonchev–Trinajstić information content (AvgIpc) is 2.94. The lowest BCUT2D eigenvalue weighted by atomic mass is 10.2. The number of nitrogens with one attached hydrogen (secondary N) is 2. The molecule has 2 N–H and O–H groups in total.